The summed E-state index contributed by atoms with van der Waals surface area (Å²) in [5.74, 6) is -1.01. The highest BCUT2D eigenvalue weighted by Gasteiger charge is 2.10. The van der Waals surface area contributed by atoms with Gasteiger partial charge in [-0.3, -0.25) is 0 Å². The van der Waals surface area contributed by atoms with E-state index in [0.29, 0.717) is 0 Å². The van der Waals surface area contributed by atoms with Gasteiger partial charge in [-0.05, 0) is 36.2 Å². The maximum absolute atomic E-state index is 13.7. The first-order chi connectivity index (χ1) is 11.7. The van der Waals surface area contributed by atoms with Crippen LogP contribution in [0.1, 0.15) is 12.5 Å². The number of para-hydroxylation sites is 1. The van der Waals surface area contributed by atoms with Crippen LogP contribution < -0.4 is 10.6 Å². The molecule has 2 N–H and O–H groups in total. The van der Waals surface area contributed by atoms with E-state index in [4.69, 9.17) is 0 Å². The largest absolute Gasteiger partial charge is 0.334 e. The fraction of sp³-hybridized carbons (Fsp3) is 0.118. The van der Waals surface area contributed by atoms with Crippen molar-refractivity contribution in [1.29, 1.82) is 0 Å². The van der Waals surface area contributed by atoms with Gasteiger partial charge in [-0.15, -0.1) is 5.10 Å². The second-order valence-electron chi connectivity index (χ2n) is 5.06. The highest BCUT2D eigenvalue weighted by Crippen LogP contribution is 2.22. The fourth-order valence-electron chi connectivity index (χ4n) is 2.11. The van der Waals surface area contributed by atoms with Crippen LogP contribution in [0, 0.1) is 11.6 Å². The van der Waals surface area contributed by atoms with Crippen molar-refractivity contribution < 1.29 is 8.78 Å². The summed E-state index contributed by atoms with van der Waals surface area (Å²) in [6, 6.07) is 11.4. The molecule has 0 bridgehead atoms. The van der Waals surface area contributed by atoms with Gasteiger partial charge < -0.3 is 10.6 Å². The number of nitrogens with one attached hydrogen (secondary N) is 2. The molecule has 1 heterocycles. The molecule has 0 fully saturated rings. The number of rotatable bonds is 5. The summed E-state index contributed by atoms with van der Waals surface area (Å²) in [7, 11) is 0. The lowest BCUT2D eigenvalue weighted by molar-refractivity contribution is 0.590. The summed E-state index contributed by atoms with van der Waals surface area (Å²) in [4.78, 5) is 4.16. The van der Waals surface area contributed by atoms with E-state index in [1.54, 1.807) is 0 Å². The van der Waals surface area contributed by atoms with Gasteiger partial charge in [0.05, 0.1) is 6.20 Å². The quantitative estimate of drug-likeness (QED) is 0.735. The summed E-state index contributed by atoms with van der Waals surface area (Å²) in [5.41, 5.74) is 1.73. The molecule has 2 aromatic carbocycles. The van der Waals surface area contributed by atoms with Gasteiger partial charge >= 0.3 is 0 Å². The zero-order valence-electron chi connectivity index (χ0n) is 12.9. The zero-order valence-corrected chi connectivity index (χ0v) is 12.9. The Morgan fingerprint density at radius 1 is 0.958 bits per heavy atom. The van der Waals surface area contributed by atoms with E-state index in [1.165, 1.54) is 17.8 Å². The molecule has 0 aliphatic heterocycles. The number of nitrogens with zero attached hydrogens (tertiary/aromatic N) is 3. The van der Waals surface area contributed by atoms with Crippen molar-refractivity contribution in [2.75, 3.05) is 10.6 Å². The van der Waals surface area contributed by atoms with E-state index >= 15 is 0 Å². The first-order valence-electron chi connectivity index (χ1n) is 7.42. The lowest BCUT2D eigenvalue weighted by Gasteiger charge is -2.09. The Morgan fingerprint density at radius 2 is 1.67 bits per heavy atom. The number of anilines is 4. The third-order valence-electron chi connectivity index (χ3n) is 3.39. The Hall–Kier alpha value is -3.09. The van der Waals surface area contributed by atoms with Gasteiger partial charge in [0.2, 0.25) is 5.95 Å². The minimum absolute atomic E-state index is 0.182. The number of aromatic nitrogens is 3. The first-order valence-corrected chi connectivity index (χ1v) is 7.42. The van der Waals surface area contributed by atoms with Gasteiger partial charge in [0.15, 0.2) is 5.82 Å². The minimum Gasteiger partial charge on any atom is -0.334 e. The number of aryl methyl sites for hydroxylation is 1. The Kier molecular flexibility index (Phi) is 4.60. The molecule has 3 rings (SSSR count). The summed E-state index contributed by atoms with van der Waals surface area (Å²) < 4.78 is 27.3. The lowest BCUT2D eigenvalue weighted by Crippen LogP contribution is -2.04. The smallest absolute Gasteiger partial charge is 0.249 e. The van der Waals surface area contributed by atoms with Crippen LogP contribution in [0.3, 0.4) is 0 Å². The molecule has 0 amide bonds. The maximum atomic E-state index is 13.7. The molecule has 24 heavy (non-hydrogen) atoms. The molecular formula is C17H15F2N5. The monoisotopic (exact) mass is 327 g/mol. The molecule has 7 heteroatoms. The van der Waals surface area contributed by atoms with E-state index in [9.17, 15) is 8.78 Å². The molecule has 0 aliphatic carbocycles. The molecule has 0 saturated carbocycles. The Labute approximate surface area is 137 Å². The van der Waals surface area contributed by atoms with Crippen molar-refractivity contribution >= 4 is 23.1 Å². The number of hydrogen-bond acceptors (Lipinski definition) is 5. The van der Waals surface area contributed by atoms with Crippen LogP contribution in [0.5, 0.6) is 0 Å². The van der Waals surface area contributed by atoms with Gasteiger partial charge in [0, 0.05) is 5.69 Å². The molecule has 0 unspecified atom stereocenters. The third-order valence-corrected chi connectivity index (χ3v) is 3.39. The predicted molar refractivity (Wildman–Crippen MR) is 88.6 cm³/mol. The summed E-state index contributed by atoms with van der Waals surface area (Å²) >= 11 is 0. The van der Waals surface area contributed by atoms with Crippen molar-refractivity contribution in [1.82, 2.24) is 15.2 Å². The zero-order chi connectivity index (χ0) is 16.9. The third kappa shape index (κ3) is 3.62. The van der Waals surface area contributed by atoms with Crippen molar-refractivity contribution in [3.05, 3.63) is 65.9 Å². The van der Waals surface area contributed by atoms with Crippen LogP contribution in [-0.2, 0) is 6.42 Å². The lowest BCUT2D eigenvalue weighted by atomic mass is 10.1. The molecule has 0 aliphatic rings. The molecule has 0 spiro atoms. The summed E-state index contributed by atoms with van der Waals surface area (Å²) in [6.45, 7) is 2.08. The van der Waals surface area contributed by atoms with Crippen LogP contribution in [-0.4, -0.2) is 15.2 Å². The van der Waals surface area contributed by atoms with Gasteiger partial charge in [-0.1, -0.05) is 25.1 Å². The molecule has 0 atom stereocenters. The standard InChI is InChI=1S/C17H15F2N5/c1-2-11-6-8-12(9-7-11)21-17-23-15(10-20-24-17)22-16-13(18)4-3-5-14(16)19/h3-10H,2H2,1H3,(H2,21,22,23,24). The Morgan fingerprint density at radius 3 is 2.33 bits per heavy atom. The molecule has 122 valence electrons. The molecule has 0 saturated heterocycles. The van der Waals surface area contributed by atoms with Crippen molar-refractivity contribution in [2.45, 2.75) is 13.3 Å². The van der Waals surface area contributed by atoms with Gasteiger partial charge in [-0.2, -0.15) is 10.1 Å². The van der Waals surface area contributed by atoms with Crippen LogP contribution in [0.15, 0.2) is 48.7 Å². The van der Waals surface area contributed by atoms with E-state index in [2.05, 4.69) is 32.7 Å². The van der Waals surface area contributed by atoms with Crippen LogP contribution >= 0.6 is 0 Å². The molecule has 1 aromatic heterocycles. The highest BCUT2D eigenvalue weighted by molar-refractivity contribution is 5.59. The maximum Gasteiger partial charge on any atom is 0.249 e. The number of benzene rings is 2. The van der Waals surface area contributed by atoms with E-state index < -0.39 is 11.6 Å². The molecule has 3 aromatic rings. The van der Waals surface area contributed by atoms with Crippen LogP contribution in [0.25, 0.3) is 0 Å². The molecule has 0 radical (unpaired) electrons. The van der Waals surface area contributed by atoms with Gasteiger partial charge in [0.25, 0.3) is 0 Å². The predicted octanol–water partition coefficient (Wildman–Crippen LogP) is 4.20. The first kappa shape index (κ1) is 15.8. The minimum atomic E-state index is -0.710. The summed E-state index contributed by atoms with van der Waals surface area (Å²) in [6.07, 6.45) is 2.24. The van der Waals surface area contributed by atoms with Crippen molar-refractivity contribution in [2.24, 2.45) is 0 Å². The van der Waals surface area contributed by atoms with E-state index in [0.717, 1.165) is 24.2 Å². The van der Waals surface area contributed by atoms with E-state index in [-0.39, 0.29) is 17.5 Å². The highest BCUT2D eigenvalue weighted by atomic mass is 19.1. The SMILES string of the molecule is CCc1ccc(Nc2nncc(Nc3c(F)cccc3F)n2)cc1. The van der Waals surface area contributed by atoms with Crippen LogP contribution in [0.2, 0.25) is 0 Å². The average Bonchev–Trinajstić information content (AvgIpc) is 2.59. The van der Waals surface area contributed by atoms with Crippen LogP contribution in [0.4, 0.5) is 31.9 Å². The summed E-state index contributed by atoms with van der Waals surface area (Å²) in [5, 5.41) is 13.2. The van der Waals surface area contributed by atoms with Gasteiger partial charge in [0.1, 0.15) is 17.3 Å². The Balaban J connectivity index is 1.78. The van der Waals surface area contributed by atoms with Crippen molar-refractivity contribution in [3.8, 4) is 0 Å². The molecular weight excluding hydrogens is 312 g/mol. The normalized spacial score (nSPS) is 10.5. The number of halogens is 2. The second kappa shape index (κ2) is 6.99. The fourth-order valence-corrected chi connectivity index (χ4v) is 2.11. The average molecular weight is 327 g/mol. The number of hydrogen-bond donors (Lipinski definition) is 2. The topological polar surface area (TPSA) is 62.7 Å². The van der Waals surface area contributed by atoms with Crippen molar-refractivity contribution in [3.63, 3.8) is 0 Å². The Bertz CT molecular complexity index is 816. The van der Waals surface area contributed by atoms with Gasteiger partial charge in [-0.25, -0.2) is 8.78 Å². The second-order valence-corrected chi connectivity index (χ2v) is 5.06. The molecule has 5 nitrogen and oxygen atoms in total. The van der Waals surface area contributed by atoms with E-state index in [1.807, 2.05) is 24.3 Å².